The number of nitrogens with zero attached hydrogens (tertiary/aromatic N) is 7. The predicted molar refractivity (Wildman–Crippen MR) is 164 cm³/mol. The van der Waals surface area contributed by atoms with Crippen LogP contribution in [0.15, 0.2) is 78.2 Å². The summed E-state index contributed by atoms with van der Waals surface area (Å²) in [4.78, 5) is 7.47. The first-order chi connectivity index (χ1) is 20.3. The Morgan fingerprint density at radius 1 is 0.881 bits per heavy atom. The minimum atomic E-state index is -4.04. The highest BCUT2D eigenvalue weighted by atomic mass is 32.2. The molecule has 9 nitrogen and oxygen atoms in total. The average molecular weight is 578 g/mol. The number of fused-ring (bicyclic) bond motifs is 5. The van der Waals surface area contributed by atoms with Gasteiger partial charge in [0.05, 0.1) is 40.4 Å². The van der Waals surface area contributed by atoms with E-state index >= 15 is 0 Å². The lowest BCUT2D eigenvalue weighted by Gasteiger charge is -2.25. The second-order valence-electron chi connectivity index (χ2n) is 11.8. The van der Waals surface area contributed by atoms with E-state index in [1.165, 1.54) is 9.54 Å². The van der Waals surface area contributed by atoms with Gasteiger partial charge in [0.1, 0.15) is 0 Å². The van der Waals surface area contributed by atoms with Gasteiger partial charge in [0.2, 0.25) is 0 Å². The highest BCUT2D eigenvalue weighted by molar-refractivity contribution is 7.90. The lowest BCUT2D eigenvalue weighted by atomic mass is 9.78. The van der Waals surface area contributed by atoms with Crippen molar-refractivity contribution in [2.24, 2.45) is 14.1 Å². The van der Waals surface area contributed by atoms with Crippen molar-refractivity contribution in [3.63, 3.8) is 0 Å². The van der Waals surface area contributed by atoms with Crippen LogP contribution in [0.5, 0.6) is 0 Å². The zero-order valence-corrected chi connectivity index (χ0v) is 24.6. The van der Waals surface area contributed by atoms with Crippen molar-refractivity contribution in [3.8, 4) is 22.4 Å². The van der Waals surface area contributed by atoms with Crippen LogP contribution >= 0.6 is 0 Å². The zero-order chi connectivity index (χ0) is 28.8. The Morgan fingerprint density at radius 3 is 2.40 bits per heavy atom. The van der Waals surface area contributed by atoms with E-state index in [0.29, 0.717) is 11.3 Å². The number of rotatable bonds is 4. The van der Waals surface area contributed by atoms with Gasteiger partial charge in [0.25, 0.3) is 10.0 Å². The van der Waals surface area contributed by atoms with Gasteiger partial charge in [-0.3, -0.25) is 9.36 Å². The largest absolute Gasteiger partial charge is 0.372 e. The second-order valence-corrected chi connectivity index (χ2v) is 13.6. The number of hydrogen-bond acceptors (Lipinski definition) is 6. The summed E-state index contributed by atoms with van der Waals surface area (Å²) in [6, 6.07) is 14.9. The summed E-state index contributed by atoms with van der Waals surface area (Å²) in [5, 5.41) is 10.8. The average Bonchev–Trinajstić information content (AvgIpc) is 3.81. The van der Waals surface area contributed by atoms with Crippen molar-refractivity contribution >= 4 is 37.6 Å². The van der Waals surface area contributed by atoms with E-state index in [-0.39, 0.29) is 10.3 Å². The van der Waals surface area contributed by atoms with Crippen molar-refractivity contribution in [2.45, 2.75) is 36.0 Å². The fourth-order valence-corrected chi connectivity index (χ4v) is 8.96. The molecule has 0 N–H and O–H groups in total. The molecule has 0 radical (unpaired) electrons. The molecule has 42 heavy (non-hydrogen) atoms. The standard InChI is InChI=1S/C32H31N7O2S/c1-36-20-32(13-7-8-14-32)29-26(36)18-33-31-28(29)27(21-11-12-25-22(15-21)16-35-38(25)3)30(23-17-34-37(2)19-23)39(31)42(40,41)24-9-5-4-6-10-24/h4-6,9-12,15-19H,7-8,13-14,20H2,1-3H3. The molecule has 5 heterocycles. The molecule has 1 saturated carbocycles. The number of hydrogen-bond donors (Lipinski definition) is 0. The van der Waals surface area contributed by atoms with Crippen LogP contribution in [0.2, 0.25) is 0 Å². The van der Waals surface area contributed by atoms with E-state index in [4.69, 9.17) is 4.98 Å². The van der Waals surface area contributed by atoms with Crippen molar-refractivity contribution in [2.75, 3.05) is 18.5 Å². The monoisotopic (exact) mass is 577 g/mol. The fraction of sp³-hybridized carbons (Fsp3) is 0.281. The highest BCUT2D eigenvalue weighted by Crippen LogP contribution is 2.56. The number of aryl methyl sites for hydroxylation is 2. The molecule has 1 aliphatic carbocycles. The van der Waals surface area contributed by atoms with E-state index in [2.05, 4.69) is 40.3 Å². The van der Waals surface area contributed by atoms with Gasteiger partial charge in [0.15, 0.2) is 5.65 Å². The van der Waals surface area contributed by atoms with Gasteiger partial charge >= 0.3 is 0 Å². The van der Waals surface area contributed by atoms with Gasteiger partial charge in [-0.05, 0) is 48.2 Å². The van der Waals surface area contributed by atoms with Crippen LogP contribution in [-0.4, -0.2) is 50.5 Å². The van der Waals surface area contributed by atoms with Crippen LogP contribution in [0.3, 0.4) is 0 Å². The minimum absolute atomic E-state index is 0.0483. The molecule has 8 rings (SSSR count). The van der Waals surface area contributed by atoms with Crippen molar-refractivity contribution in [1.82, 2.24) is 28.5 Å². The Morgan fingerprint density at radius 2 is 1.67 bits per heavy atom. The van der Waals surface area contributed by atoms with Gasteiger partial charge in [0, 0.05) is 61.2 Å². The summed E-state index contributed by atoms with van der Waals surface area (Å²) in [6.45, 7) is 0.906. The maximum absolute atomic E-state index is 14.7. The van der Waals surface area contributed by atoms with Gasteiger partial charge in [-0.15, -0.1) is 0 Å². The lowest BCUT2D eigenvalue weighted by Crippen LogP contribution is -2.28. The topological polar surface area (TPSA) is 90.8 Å². The number of pyridine rings is 1. The van der Waals surface area contributed by atoms with Crippen molar-refractivity contribution in [3.05, 3.63) is 78.9 Å². The Hall–Kier alpha value is -4.44. The lowest BCUT2D eigenvalue weighted by molar-refractivity contribution is 0.476. The smallest absolute Gasteiger partial charge is 0.269 e. The van der Waals surface area contributed by atoms with Crippen LogP contribution in [0.25, 0.3) is 44.3 Å². The summed E-state index contributed by atoms with van der Waals surface area (Å²) in [6.07, 6.45) is 11.8. The minimum Gasteiger partial charge on any atom is -0.372 e. The van der Waals surface area contributed by atoms with Crippen LogP contribution in [0.4, 0.5) is 5.69 Å². The molecular formula is C32H31N7O2S. The Kier molecular flexibility index (Phi) is 5.29. The first-order valence-electron chi connectivity index (χ1n) is 14.3. The summed E-state index contributed by atoms with van der Waals surface area (Å²) in [5.74, 6) is 0. The molecule has 212 valence electrons. The molecule has 1 aliphatic heterocycles. The van der Waals surface area contributed by atoms with Crippen LogP contribution in [-0.2, 0) is 29.5 Å². The summed E-state index contributed by atoms with van der Waals surface area (Å²) >= 11 is 0. The maximum Gasteiger partial charge on any atom is 0.269 e. The third-order valence-electron chi connectivity index (χ3n) is 9.26. The molecule has 0 saturated heterocycles. The molecule has 0 unspecified atom stereocenters. The zero-order valence-electron chi connectivity index (χ0n) is 23.8. The Bertz CT molecular complexity index is 2130. The third kappa shape index (κ3) is 3.41. The Balaban J connectivity index is 1.59. The maximum atomic E-state index is 14.7. The Labute approximate surface area is 244 Å². The molecule has 2 aliphatic rings. The summed E-state index contributed by atoms with van der Waals surface area (Å²) in [7, 11) is 1.86. The van der Waals surface area contributed by atoms with Gasteiger partial charge in [-0.25, -0.2) is 17.4 Å². The first kappa shape index (κ1) is 25.3. The third-order valence-corrected chi connectivity index (χ3v) is 11.0. The van der Waals surface area contributed by atoms with Crippen LogP contribution < -0.4 is 4.90 Å². The molecule has 10 heteroatoms. The molecule has 6 aromatic rings. The van der Waals surface area contributed by atoms with E-state index in [1.54, 1.807) is 35.1 Å². The molecule has 2 aromatic carbocycles. The van der Waals surface area contributed by atoms with Gasteiger partial charge in [-0.2, -0.15) is 10.2 Å². The van der Waals surface area contributed by atoms with Crippen LogP contribution in [0.1, 0.15) is 31.2 Å². The molecule has 0 bridgehead atoms. The van der Waals surface area contributed by atoms with E-state index < -0.39 is 10.0 Å². The van der Waals surface area contributed by atoms with E-state index in [9.17, 15) is 8.42 Å². The SMILES string of the molecule is CN1CC2(CCCC2)c2c1cnc1c2c(-c2ccc3c(cnn3C)c2)c(-c2cnn(C)c2)n1S(=O)(=O)c1ccccc1. The predicted octanol–water partition coefficient (Wildman–Crippen LogP) is 5.49. The fourth-order valence-electron chi connectivity index (χ4n) is 7.45. The summed E-state index contributed by atoms with van der Waals surface area (Å²) < 4.78 is 34.4. The van der Waals surface area contributed by atoms with Crippen molar-refractivity contribution < 1.29 is 8.42 Å². The quantitative estimate of drug-likeness (QED) is 0.275. The number of benzene rings is 2. The number of likely N-dealkylation sites (N-methyl/N-ethyl adjacent to an activating group) is 1. The van der Waals surface area contributed by atoms with Gasteiger partial charge in [-0.1, -0.05) is 37.1 Å². The second kappa shape index (κ2) is 8.78. The summed E-state index contributed by atoms with van der Waals surface area (Å²) in [5.41, 5.74) is 6.82. The highest BCUT2D eigenvalue weighted by Gasteiger charge is 2.47. The number of anilines is 1. The molecule has 1 spiro atoms. The number of aromatic nitrogens is 6. The van der Waals surface area contributed by atoms with Crippen LogP contribution in [0, 0.1) is 0 Å². The molecule has 0 atom stereocenters. The van der Waals surface area contributed by atoms with E-state index in [1.807, 2.05) is 43.4 Å². The first-order valence-corrected chi connectivity index (χ1v) is 15.7. The normalized spacial score (nSPS) is 16.3. The molecular weight excluding hydrogens is 546 g/mol. The van der Waals surface area contributed by atoms with E-state index in [0.717, 1.165) is 70.9 Å². The molecule has 1 fully saturated rings. The van der Waals surface area contributed by atoms with Gasteiger partial charge < -0.3 is 4.90 Å². The molecule has 0 amide bonds. The molecule has 4 aromatic heterocycles. The van der Waals surface area contributed by atoms with Crippen molar-refractivity contribution in [1.29, 1.82) is 0 Å².